The molecule has 0 amide bonds. The summed E-state index contributed by atoms with van der Waals surface area (Å²) in [6.45, 7) is 7.90. The molecule has 0 radical (unpaired) electrons. The summed E-state index contributed by atoms with van der Waals surface area (Å²) < 4.78 is 2.34. The molecule has 1 aliphatic heterocycles. The van der Waals surface area contributed by atoms with E-state index in [1.165, 1.54) is 25.0 Å². The van der Waals surface area contributed by atoms with Crippen molar-refractivity contribution in [3.63, 3.8) is 0 Å². The molecule has 1 aromatic heterocycles. The van der Waals surface area contributed by atoms with Crippen LogP contribution in [-0.4, -0.2) is 41.6 Å². The fourth-order valence-electron chi connectivity index (χ4n) is 3.22. The van der Waals surface area contributed by atoms with E-state index in [0.717, 1.165) is 19.6 Å². The number of nitrogens with one attached hydrogen (secondary N) is 1. The van der Waals surface area contributed by atoms with E-state index in [4.69, 9.17) is 0 Å². The minimum atomic E-state index is 0.258. The van der Waals surface area contributed by atoms with Crippen LogP contribution in [0.4, 0.5) is 0 Å². The SMILES string of the molecule is CN(C)CC(C)(C)Cn1cncc1C1CCCCN1. The van der Waals surface area contributed by atoms with Gasteiger partial charge in [-0.05, 0) is 38.9 Å². The molecule has 0 aromatic carbocycles. The van der Waals surface area contributed by atoms with Gasteiger partial charge in [0.2, 0.25) is 0 Å². The minimum Gasteiger partial charge on any atom is -0.333 e. The van der Waals surface area contributed by atoms with E-state index >= 15 is 0 Å². The van der Waals surface area contributed by atoms with Crippen molar-refractivity contribution >= 4 is 0 Å². The first-order chi connectivity index (χ1) is 8.98. The van der Waals surface area contributed by atoms with Crippen molar-refractivity contribution in [1.82, 2.24) is 19.8 Å². The summed E-state index contributed by atoms with van der Waals surface area (Å²) in [5, 5.41) is 3.62. The third kappa shape index (κ3) is 4.05. The Bertz CT molecular complexity index is 389. The van der Waals surface area contributed by atoms with Crippen molar-refractivity contribution < 1.29 is 0 Å². The molecule has 2 heterocycles. The van der Waals surface area contributed by atoms with Crippen LogP contribution >= 0.6 is 0 Å². The molecule has 1 fully saturated rings. The second-order valence-electron chi connectivity index (χ2n) is 6.85. The Morgan fingerprint density at radius 3 is 2.84 bits per heavy atom. The summed E-state index contributed by atoms with van der Waals surface area (Å²) in [5.41, 5.74) is 1.61. The molecule has 0 bridgehead atoms. The molecule has 1 saturated heterocycles. The standard InChI is InChI=1S/C15H28N4/c1-15(2,10-18(3)4)11-19-12-16-9-14(19)13-7-5-6-8-17-13/h9,12-13,17H,5-8,10-11H2,1-4H3. The van der Waals surface area contributed by atoms with E-state index in [-0.39, 0.29) is 5.41 Å². The maximum absolute atomic E-state index is 4.37. The van der Waals surface area contributed by atoms with Crippen LogP contribution in [0.1, 0.15) is 44.8 Å². The Balaban J connectivity index is 2.06. The van der Waals surface area contributed by atoms with Gasteiger partial charge in [-0.1, -0.05) is 20.3 Å². The van der Waals surface area contributed by atoms with Gasteiger partial charge in [-0.2, -0.15) is 0 Å². The zero-order valence-corrected chi connectivity index (χ0v) is 12.8. The summed E-state index contributed by atoms with van der Waals surface area (Å²) in [5.74, 6) is 0. The van der Waals surface area contributed by atoms with Gasteiger partial charge in [0.25, 0.3) is 0 Å². The van der Waals surface area contributed by atoms with Gasteiger partial charge >= 0.3 is 0 Å². The number of rotatable bonds is 5. The van der Waals surface area contributed by atoms with Crippen LogP contribution in [0, 0.1) is 5.41 Å². The average molecular weight is 264 g/mol. The molecule has 19 heavy (non-hydrogen) atoms. The molecule has 1 unspecified atom stereocenters. The van der Waals surface area contributed by atoms with E-state index in [1.807, 2.05) is 12.5 Å². The Labute approximate surface area is 117 Å². The van der Waals surface area contributed by atoms with Gasteiger partial charge < -0.3 is 14.8 Å². The van der Waals surface area contributed by atoms with Crippen molar-refractivity contribution in [2.75, 3.05) is 27.2 Å². The maximum Gasteiger partial charge on any atom is 0.0948 e. The fraction of sp³-hybridized carbons (Fsp3) is 0.800. The molecule has 0 spiro atoms. The lowest BCUT2D eigenvalue weighted by Gasteiger charge is -2.31. The van der Waals surface area contributed by atoms with Crippen molar-refractivity contribution in [3.05, 3.63) is 18.2 Å². The van der Waals surface area contributed by atoms with E-state index < -0.39 is 0 Å². The number of nitrogens with zero attached hydrogens (tertiary/aromatic N) is 3. The number of hydrogen-bond donors (Lipinski definition) is 1. The molecule has 108 valence electrons. The van der Waals surface area contributed by atoms with Crippen LogP contribution in [-0.2, 0) is 6.54 Å². The van der Waals surface area contributed by atoms with Gasteiger partial charge in [0, 0.05) is 25.3 Å². The third-order valence-corrected chi connectivity index (χ3v) is 3.75. The van der Waals surface area contributed by atoms with Gasteiger partial charge in [-0.15, -0.1) is 0 Å². The average Bonchev–Trinajstić information content (AvgIpc) is 2.75. The highest BCUT2D eigenvalue weighted by molar-refractivity contribution is 5.07. The Morgan fingerprint density at radius 1 is 1.42 bits per heavy atom. The van der Waals surface area contributed by atoms with Crippen LogP contribution in [0.25, 0.3) is 0 Å². The highest BCUT2D eigenvalue weighted by Gasteiger charge is 2.24. The quantitative estimate of drug-likeness (QED) is 0.886. The molecule has 1 atom stereocenters. The number of hydrogen-bond acceptors (Lipinski definition) is 3. The molecule has 0 aliphatic carbocycles. The molecule has 1 aromatic rings. The monoisotopic (exact) mass is 264 g/mol. The van der Waals surface area contributed by atoms with Crippen LogP contribution < -0.4 is 5.32 Å². The zero-order chi connectivity index (χ0) is 13.9. The number of piperidine rings is 1. The van der Waals surface area contributed by atoms with E-state index in [2.05, 4.69) is 47.7 Å². The summed E-state index contributed by atoms with van der Waals surface area (Å²) in [6, 6.07) is 0.492. The van der Waals surface area contributed by atoms with Crippen LogP contribution in [0.5, 0.6) is 0 Å². The summed E-state index contributed by atoms with van der Waals surface area (Å²) in [6.07, 6.45) is 7.89. The van der Waals surface area contributed by atoms with Crippen molar-refractivity contribution in [3.8, 4) is 0 Å². The topological polar surface area (TPSA) is 33.1 Å². The summed E-state index contributed by atoms with van der Waals surface area (Å²) in [7, 11) is 4.28. The molecule has 0 saturated carbocycles. The summed E-state index contributed by atoms with van der Waals surface area (Å²) >= 11 is 0. The molecular weight excluding hydrogens is 236 g/mol. The van der Waals surface area contributed by atoms with Crippen LogP contribution in [0.15, 0.2) is 12.5 Å². The van der Waals surface area contributed by atoms with Gasteiger partial charge in [0.1, 0.15) is 0 Å². The molecule has 2 rings (SSSR count). The Hall–Kier alpha value is -0.870. The van der Waals surface area contributed by atoms with Crippen molar-refractivity contribution in [2.24, 2.45) is 5.41 Å². The Kier molecular flexibility index (Phi) is 4.63. The molecule has 4 nitrogen and oxygen atoms in total. The molecule has 1 N–H and O–H groups in total. The van der Waals surface area contributed by atoms with Crippen molar-refractivity contribution in [2.45, 2.75) is 45.7 Å². The predicted molar refractivity (Wildman–Crippen MR) is 79.2 cm³/mol. The van der Waals surface area contributed by atoms with Crippen LogP contribution in [0.3, 0.4) is 0 Å². The van der Waals surface area contributed by atoms with E-state index in [9.17, 15) is 0 Å². The smallest absolute Gasteiger partial charge is 0.0948 e. The second-order valence-corrected chi connectivity index (χ2v) is 6.85. The normalized spacial score (nSPS) is 21.0. The van der Waals surface area contributed by atoms with Gasteiger partial charge in [0.05, 0.1) is 12.0 Å². The minimum absolute atomic E-state index is 0.258. The lowest BCUT2D eigenvalue weighted by atomic mass is 9.92. The molecule has 4 heteroatoms. The largest absolute Gasteiger partial charge is 0.333 e. The highest BCUT2D eigenvalue weighted by Crippen LogP contribution is 2.26. The first kappa shape index (κ1) is 14.5. The molecular formula is C15H28N4. The number of aromatic nitrogens is 2. The van der Waals surface area contributed by atoms with Crippen molar-refractivity contribution in [1.29, 1.82) is 0 Å². The fourth-order valence-corrected chi connectivity index (χ4v) is 3.22. The van der Waals surface area contributed by atoms with Crippen LogP contribution in [0.2, 0.25) is 0 Å². The highest BCUT2D eigenvalue weighted by atomic mass is 15.1. The maximum atomic E-state index is 4.37. The lowest BCUT2D eigenvalue weighted by molar-refractivity contribution is 0.207. The van der Waals surface area contributed by atoms with Gasteiger partial charge in [-0.3, -0.25) is 0 Å². The molecule has 1 aliphatic rings. The predicted octanol–water partition coefficient (Wildman–Crippen LogP) is 2.29. The van der Waals surface area contributed by atoms with Gasteiger partial charge in [0.15, 0.2) is 0 Å². The third-order valence-electron chi connectivity index (χ3n) is 3.75. The van der Waals surface area contributed by atoms with E-state index in [1.54, 1.807) is 0 Å². The first-order valence-electron chi connectivity index (χ1n) is 7.36. The lowest BCUT2D eigenvalue weighted by Crippen LogP contribution is -2.34. The first-order valence-corrected chi connectivity index (χ1v) is 7.36. The second kappa shape index (κ2) is 6.06. The Morgan fingerprint density at radius 2 is 2.21 bits per heavy atom. The zero-order valence-electron chi connectivity index (χ0n) is 12.8. The summed E-state index contributed by atoms with van der Waals surface area (Å²) in [4.78, 5) is 6.63. The van der Waals surface area contributed by atoms with Gasteiger partial charge in [-0.25, -0.2) is 4.98 Å². The van der Waals surface area contributed by atoms with E-state index in [0.29, 0.717) is 6.04 Å². The number of imidazole rings is 1.